The average Bonchev–Trinajstić information content (AvgIpc) is 3.18. The van der Waals surface area contributed by atoms with E-state index in [1.54, 1.807) is 6.20 Å². The number of rotatable bonds is 5. The molecular formula is C16H22N2O3. The Kier molecular flexibility index (Phi) is 4.70. The molecule has 0 spiro atoms. The van der Waals surface area contributed by atoms with E-state index in [1.807, 2.05) is 12.1 Å². The standard InChI is InChI=1S/C16H22N2O3/c19-16(14-6-3-9-20-14)18-11-12-7-8-17-15(10-12)21-13-4-1-2-5-13/h7-8,10,13-14H,1-6,9,11H2,(H,18,19)/t14-/m0/s1. The fourth-order valence-electron chi connectivity index (χ4n) is 2.89. The lowest BCUT2D eigenvalue weighted by Crippen LogP contribution is -2.33. The summed E-state index contributed by atoms with van der Waals surface area (Å²) in [5.41, 5.74) is 1.00. The van der Waals surface area contributed by atoms with Crippen molar-refractivity contribution in [3.8, 4) is 5.88 Å². The van der Waals surface area contributed by atoms with Crippen LogP contribution in [0.2, 0.25) is 0 Å². The van der Waals surface area contributed by atoms with E-state index in [1.165, 1.54) is 12.8 Å². The first kappa shape index (κ1) is 14.3. The third-order valence-corrected chi connectivity index (χ3v) is 4.08. The van der Waals surface area contributed by atoms with Crippen molar-refractivity contribution in [3.05, 3.63) is 23.9 Å². The van der Waals surface area contributed by atoms with Gasteiger partial charge in [-0.3, -0.25) is 4.79 Å². The number of nitrogens with zero attached hydrogens (tertiary/aromatic N) is 1. The molecule has 1 aliphatic heterocycles. The van der Waals surface area contributed by atoms with Gasteiger partial charge in [0.2, 0.25) is 11.8 Å². The van der Waals surface area contributed by atoms with E-state index in [-0.39, 0.29) is 12.0 Å². The Hall–Kier alpha value is -1.62. The van der Waals surface area contributed by atoms with Crippen molar-refractivity contribution in [2.75, 3.05) is 6.61 Å². The molecule has 0 bridgehead atoms. The summed E-state index contributed by atoms with van der Waals surface area (Å²) in [6.45, 7) is 1.18. The van der Waals surface area contributed by atoms with Crippen molar-refractivity contribution < 1.29 is 14.3 Å². The Balaban J connectivity index is 1.51. The van der Waals surface area contributed by atoms with Crippen LogP contribution in [-0.4, -0.2) is 29.7 Å². The smallest absolute Gasteiger partial charge is 0.249 e. The van der Waals surface area contributed by atoms with Crippen LogP contribution >= 0.6 is 0 Å². The van der Waals surface area contributed by atoms with Crippen LogP contribution in [0.4, 0.5) is 0 Å². The quantitative estimate of drug-likeness (QED) is 0.903. The molecule has 1 atom stereocenters. The number of nitrogens with one attached hydrogen (secondary N) is 1. The SMILES string of the molecule is O=C(NCc1ccnc(OC2CCCC2)c1)[C@@H]1CCCO1. The van der Waals surface area contributed by atoms with Crippen molar-refractivity contribution in [2.24, 2.45) is 0 Å². The zero-order valence-electron chi connectivity index (χ0n) is 12.2. The summed E-state index contributed by atoms with van der Waals surface area (Å²) >= 11 is 0. The van der Waals surface area contributed by atoms with Gasteiger partial charge in [-0.05, 0) is 50.2 Å². The van der Waals surface area contributed by atoms with E-state index in [4.69, 9.17) is 9.47 Å². The Bertz CT molecular complexity index is 480. The van der Waals surface area contributed by atoms with Gasteiger partial charge in [0.15, 0.2) is 0 Å². The first-order valence-corrected chi connectivity index (χ1v) is 7.82. The summed E-state index contributed by atoms with van der Waals surface area (Å²) in [7, 11) is 0. The van der Waals surface area contributed by atoms with Crippen LogP contribution < -0.4 is 10.1 Å². The Morgan fingerprint density at radius 3 is 2.95 bits per heavy atom. The van der Waals surface area contributed by atoms with Gasteiger partial charge in [0.05, 0.1) is 0 Å². The molecule has 0 radical (unpaired) electrons. The molecule has 1 saturated heterocycles. The molecule has 1 N–H and O–H groups in total. The number of carbonyl (C=O) groups is 1. The third-order valence-electron chi connectivity index (χ3n) is 4.08. The van der Waals surface area contributed by atoms with Crippen LogP contribution in [-0.2, 0) is 16.1 Å². The fraction of sp³-hybridized carbons (Fsp3) is 0.625. The number of hydrogen-bond donors (Lipinski definition) is 1. The molecular weight excluding hydrogens is 268 g/mol. The molecule has 0 unspecified atom stereocenters. The fourth-order valence-corrected chi connectivity index (χ4v) is 2.89. The molecule has 114 valence electrons. The van der Waals surface area contributed by atoms with Gasteiger partial charge < -0.3 is 14.8 Å². The van der Waals surface area contributed by atoms with Gasteiger partial charge in [-0.1, -0.05) is 0 Å². The van der Waals surface area contributed by atoms with E-state index >= 15 is 0 Å². The molecule has 1 aromatic heterocycles. The predicted octanol–water partition coefficient (Wildman–Crippen LogP) is 2.20. The molecule has 21 heavy (non-hydrogen) atoms. The van der Waals surface area contributed by atoms with Gasteiger partial charge in [0.25, 0.3) is 0 Å². The summed E-state index contributed by atoms with van der Waals surface area (Å²) in [5.74, 6) is 0.633. The van der Waals surface area contributed by atoms with Crippen LogP contribution in [0.1, 0.15) is 44.1 Å². The zero-order valence-corrected chi connectivity index (χ0v) is 12.2. The molecule has 2 heterocycles. The molecule has 1 aromatic rings. The lowest BCUT2D eigenvalue weighted by Gasteiger charge is -2.13. The maximum absolute atomic E-state index is 11.9. The minimum Gasteiger partial charge on any atom is -0.474 e. The average molecular weight is 290 g/mol. The number of amides is 1. The summed E-state index contributed by atoms with van der Waals surface area (Å²) < 4.78 is 11.2. The predicted molar refractivity (Wildman–Crippen MR) is 77.9 cm³/mol. The molecule has 5 nitrogen and oxygen atoms in total. The topological polar surface area (TPSA) is 60.5 Å². The van der Waals surface area contributed by atoms with Crippen LogP contribution in [0, 0.1) is 0 Å². The van der Waals surface area contributed by atoms with Crippen LogP contribution in [0.3, 0.4) is 0 Å². The number of carbonyl (C=O) groups excluding carboxylic acids is 1. The van der Waals surface area contributed by atoms with Gasteiger partial charge in [0, 0.05) is 25.4 Å². The van der Waals surface area contributed by atoms with Crippen molar-refractivity contribution in [2.45, 2.75) is 57.3 Å². The van der Waals surface area contributed by atoms with Gasteiger partial charge in [0.1, 0.15) is 12.2 Å². The molecule has 1 amide bonds. The molecule has 2 aliphatic rings. The van der Waals surface area contributed by atoms with Gasteiger partial charge >= 0.3 is 0 Å². The number of ether oxygens (including phenoxy) is 2. The number of hydrogen-bond acceptors (Lipinski definition) is 4. The highest BCUT2D eigenvalue weighted by molar-refractivity contribution is 5.80. The first-order chi connectivity index (χ1) is 10.3. The van der Waals surface area contributed by atoms with Crippen molar-refractivity contribution in [1.82, 2.24) is 10.3 Å². The molecule has 3 rings (SSSR count). The Morgan fingerprint density at radius 1 is 1.33 bits per heavy atom. The highest BCUT2D eigenvalue weighted by Gasteiger charge is 2.23. The van der Waals surface area contributed by atoms with Crippen molar-refractivity contribution in [3.63, 3.8) is 0 Å². The van der Waals surface area contributed by atoms with Crippen molar-refractivity contribution in [1.29, 1.82) is 0 Å². The van der Waals surface area contributed by atoms with Crippen LogP contribution in [0.5, 0.6) is 5.88 Å². The van der Waals surface area contributed by atoms with Gasteiger partial charge in [-0.25, -0.2) is 4.98 Å². The monoisotopic (exact) mass is 290 g/mol. The second kappa shape index (κ2) is 6.89. The summed E-state index contributed by atoms with van der Waals surface area (Å²) in [6.07, 6.45) is 8.24. The minimum absolute atomic E-state index is 0.0254. The maximum Gasteiger partial charge on any atom is 0.249 e. The van der Waals surface area contributed by atoms with E-state index < -0.39 is 0 Å². The largest absolute Gasteiger partial charge is 0.474 e. The molecule has 2 fully saturated rings. The van der Waals surface area contributed by atoms with Crippen LogP contribution in [0.15, 0.2) is 18.3 Å². The highest BCUT2D eigenvalue weighted by Crippen LogP contribution is 2.23. The minimum atomic E-state index is -0.277. The molecule has 1 saturated carbocycles. The van der Waals surface area contributed by atoms with E-state index in [0.717, 1.165) is 31.2 Å². The van der Waals surface area contributed by atoms with Gasteiger partial charge in [-0.15, -0.1) is 0 Å². The lowest BCUT2D eigenvalue weighted by atomic mass is 10.2. The summed E-state index contributed by atoms with van der Waals surface area (Å²) in [5, 5.41) is 2.91. The molecule has 1 aliphatic carbocycles. The molecule has 0 aromatic carbocycles. The number of pyridine rings is 1. The Labute approximate surface area is 125 Å². The normalized spacial score (nSPS) is 22.4. The van der Waals surface area contributed by atoms with Crippen molar-refractivity contribution >= 4 is 5.91 Å². The van der Waals surface area contributed by atoms with Crippen LogP contribution in [0.25, 0.3) is 0 Å². The second-order valence-electron chi connectivity index (χ2n) is 5.75. The van der Waals surface area contributed by atoms with E-state index in [9.17, 15) is 4.79 Å². The zero-order chi connectivity index (χ0) is 14.5. The lowest BCUT2D eigenvalue weighted by molar-refractivity contribution is -0.130. The van der Waals surface area contributed by atoms with Gasteiger partial charge in [-0.2, -0.15) is 0 Å². The first-order valence-electron chi connectivity index (χ1n) is 7.82. The maximum atomic E-state index is 11.9. The van der Waals surface area contributed by atoms with E-state index in [2.05, 4.69) is 10.3 Å². The third kappa shape index (κ3) is 3.94. The molecule has 5 heteroatoms. The van der Waals surface area contributed by atoms with E-state index in [0.29, 0.717) is 25.1 Å². The highest BCUT2D eigenvalue weighted by atomic mass is 16.5. The summed E-state index contributed by atoms with van der Waals surface area (Å²) in [6, 6.07) is 3.81. The Morgan fingerprint density at radius 2 is 2.19 bits per heavy atom. The summed E-state index contributed by atoms with van der Waals surface area (Å²) in [4.78, 5) is 16.1. The number of aromatic nitrogens is 1. The second-order valence-corrected chi connectivity index (χ2v) is 5.75.